The number of aromatic nitrogens is 2. The van der Waals surface area contributed by atoms with Crippen LogP contribution in [-0.2, 0) is 0 Å². The van der Waals surface area contributed by atoms with Crippen LogP contribution in [0.5, 0.6) is 0 Å². The van der Waals surface area contributed by atoms with E-state index in [1.54, 1.807) is 6.33 Å². The second-order valence-corrected chi connectivity index (χ2v) is 4.96. The molecule has 0 bridgehead atoms. The van der Waals surface area contributed by atoms with E-state index in [1.807, 2.05) is 38.1 Å². The van der Waals surface area contributed by atoms with Crippen LogP contribution in [0, 0.1) is 6.92 Å². The van der Waals surface area contributed by atoms with Crippen molar-refractivity contribution in [2.24, 2.45) is 0 Å². The molecule has 0 amide bonds. The fourth-order valence-electron chi connectivity index (χ4n) is 2.18. The largest absolute Gasteiger partial charge is 0.454 e. The van der Waals surface area contributed by atoms with Crippen molar-refractivity contribution in [1.82, 2.24) is 9.97 Å². The predicted octanol–water partition coefficient (Wildman–Crippen LogP) is 4.28. The van der Waals surface area contributed by atoms with Gasteiger partial charge in [-0.1, -0.05) is 11.6 Å². The van der Waals surface area contributed by atoms with E-state index in [-0.39, 0.29) is 0 Å². The topological polar surface area (TPSA) is 51.0 Å². The number of nitrogens with zero attached hydrogens (tertiary/aromatic N) is 2. The highest BCUT2D eigenvalue weighted by molar-refractivity contribution is 6.31. The van der Waals surface area contributed by atoms with Crippen LogP contribution in [0.2, 0.25) is 5.02 Å². The van der Waals surface area contributed by atoms with Gasteiger partial charge in [0, 0.05) is 22.5 Å². The zero-order valence-electron chi connectivity index (χ0n) is 11.3. The highest BCUT2D eigenvalue weighted by Crippen LogP contribution is 2.31. The molecule has 0 saturated heterocycles. The van der Waals surface area contributed by atoms with Gasteiger partial charge >= 0.3 is 0 Å². The van der Waals surface area contributed by atoms with Crippen molar-refractivity contribution in [2.75, 3.05) is 11.9 Å². The van der Waals surface area contributed by atoms with Gasteiger partial charge in [0.15, 0.2) is 5.76 Å². The third-order valence-corrected chi connectivity index (χ3v) is 3.38. The van der Waals surface area contributed by atoms with Crippen LogP contribution in [-0.4, -0.2) is 16.5 Å². The van der Waals surface area contributed by atoms with E-state index >= 15 is 0 Å². The summed E-state index contributed by atoms with van der Waals surface area (Å²) in [6.45, 7) is 4.82. The molecular weight excluding hydrogens is 274 g/mol. The Balaban J connectivity index is 2.13. The third-order valence-electron chi connectivity index (χ3n) is 3.14. The van der Waals surface area contributed by atoms with Crippen molar-refractivity contribution in [2.45, 2.75) is 13.8 Å². The zero-order chi connectivity index (χ0) is 14.1. The Kier molecular flexibility index (Phi) is 3.32. The number of hydrogen-bond donors (Lipinski definition) is 1. The van der Waals surface area contributed by atoms with Crippen molar-refractivity contribution in [1.29, 1.82) is 0 Å². The summed E-state index contributed by atoms with van der Waals surface area (Å²) >= 11 is 5.99. The summed E-state index contributed by atoms with van der Waals surface area (Å²) in [4.78, 5) is 8.57. The Bertz CT molecular complexity index is 767. The molecule has 0 fully saturated rings. The van der Waals surface area contributed by atoms with E-state index in [1.165, 1.54) is 0 Å². The first-order valence-electron chi connectivity index (χ1n) is 6.44. The molecule has 0 aliphatic heterocycles. The minimum atomic E-state index is 0.692. The lowest BCUT2D eigenvalue weighted by Gasteiger charge is -2.08. The molecule has 0 saturated carbocycles. The van der Waals surface area contributed by atoms with Crippen LogP contribution in [0.15, 0.2) is 35.0 Å². The zero-order valence-corrected chi connectivity index (χ0v) is 12.0. The molecular formula is C15H14ClN3O. The third kappa shape index (κ3) is 2.23. The van der Waals surface area contributed by atoms with Crippen molar-refractivity contribution in [3.8, 4) is 11.5 Å². The van der Waals surface area contributed by atoms with E-state index < -0.39 is 0 Å². The second-order valence-electron chi connectivity index (χ2n) is 4.52. The van der Waals surface area contributed by atoms with Crippen LogP contribution < -0.4 is 5.32 Å². The highest BCUT2D eigenvalue weighted by atomic mass is 35.5. The van der Waals surface area contributed by atoms with Gasteiger partial charge < -0.3 is 9.73 Å². The van der Waals surface area contributed by atoms with E-state index in [0.717, 1.165) is 40.3 Å². The Morgan fingerprint density at radius 1 is 1.25 bits per heavy atom. The first-order valence-corrected chi connectivity index (χ1v) is 6.81. The van der Waals surface area contributed by atoms with Gasteiger partial charge in [0.2, 0.25) is 0 Å². The Labute approximate surface area is 121 Å². The smallest absolute Gasteiger partial charge is 0.154 e. The number of furan rings is 1. The van der Waals surface area contributed by atoms with Gasteiger partial charge in [-0.2, -0.15) is 0 Å². The molecule has 0 aliphatic rings. The minimum absolute atomic E-state index is 0.692. The highest BCUT2D eigenvalue weighted by Gasteiger charge is 2.13. The number of halogens is 1. The molecule has 0 spiro atoms. The van der Waals surface area contributed by atoms with E-state index in [4.69, 9.17) is 16.0 Å². The summed E-state index contributed by atoms with van der Waals surface area (Å²) in [5, 5.41) is 4.88. The van der Waals surface area contributed by atoms with Crippen LogP contribution in [0.1, 0.15) is 12.5 Å². The van der Waals surface area contributed by atoms with Crippen LogP contribution in [0.3, 0.4) is 0 Å². The van der Waals surface area contributed by atoms with Crippen LogP contribution in [0.4, 0.5) is 5.82 Å². The minimum Gasteiger partial charge on any atom is -0.454 e. The molecule has 0 unspecified atom stereocenters. The Morgan fingerprint density at radius 2 is 2.10 bits per heavy atom. The summed E-state index contributed by atoms with van der Waals surface area (Å²) in [6, 6.07) is 7.51. The number of hydrogen-bond acceptors (Lipinski definition) is 4. The molecule has 2 aromatic heterocycles. The van der Waals surface area contributed by atoms with Gasteiger partial charge in [-0.05, 0) is 38.1 Å². The first-order chi connectivity index (χ1) is 9.69. The molecule has 4 nitrogen and oxygen atoms in total. The average molecular weight is 288 g/mol. The lowest BCUT2D eigenvalue weighted by atomic mass is 10.2. The van der Waals surface area contributed by atoms with Crippen molar-refractivity contribution in [3.63, 3.8) is 0 Å². The lowest BCUT2D eigenvalue weighted by Crippen LogP contribution is -2.03. The molecule has 3 aromatic rings. The Morgan fingerprint density at radius 3 is 2.90 bits per heavy atom. The number of benzene rings is 1. The van der Waals surface area contributed by atoms with Crippen LogP contribution in [0.25, 0.3) is 22.4 Å². The summed E-state index contributed by atoms with van der Waals surface area (Å²) in [5.74, 6) is 1.55. The number of nitrogens with one attached hydrogen (secondary N) is 1. The van der Waals surface area contributed by atoms with Crippen molar-refractivity contribution >= 4 is 28.4 Å². The van der Waals surface area contributed by atoms with E-state index in [0.29, 0.717) is 5.02 Å². The number of anilines is 1. The fraction of sp³-hybridized carbons (Fsp3) is 0.200. The second kappa shape index (κ2) is 5.13. The van der Waals surface area contributed by atoms with E-state index in [2.05, 4.69) is 15.3 Å². The summed E-state index contributed by atoms with van der Waals surface area (Å²) < 4.78 is 5.85. The van der Waals surface area contributed by atoms with Crippen molar-refractivity contribution in [3.05, 3.63) is 41.2 Å². The number of fused-ring (bicyclic) bond motifs is 1. The van der Waals surface area contributed by atoms with Gasteiger partial charge in [0.25, 0.3) is 0 Å². The van der Waals surface area contributed by atoms with Gasteiger partial charge in [0.05, 0.1) is 0 Å². The molecule has 1 aromatic carbocycles. The molecule has 20 heavy (non-hydrogen) atoms. The summed E-state index contributed by atoms with van der Waals surface area (Å²) in [6.07, 6.45) is 1.54. The molecule has 0 aliphatic carbocycles. The normalized spacial score (nSPS) is 10.9. The van der Waals surface area contributed by atoms with Gasteiger partial charge in [-0.3, -0.25) is 0 Å². The Hall–Kier alpha value is -2.07. The quantitative estimate of drug-likeness (QED) is 0.781. The molecule has 1 N–H and O–H groups in total. The predicted molar refractivity (Wildman–Crippen MR) is 81.2 cm³/mol. The SMILES string of the molecule is CCNc1ncnc(-c2cc3cc(Cl)ccc3o2)c1C. The fourth-order valence-corrected chi connectivity index (χ4v) is 2.36. The molecule has 2 heterocycles. The van der Waals surface area contributed by atoms with Gasteiger partial charge in [-0.25, -0.2) is 9.97 Å². The maximum Gasteiger partial charge on any atom is 0.154 e. The maximum absolute atomic E-state index is 5.99. The lowest BCUT2D eigenvalue weighted by molar-refractivity contribution is 0.627. The number of rotatable bonds is 3. The standard InChI is InChI=1S/C15H14ClN3O/c1-3-17-15-9(2)14(18-8-19-15)13-7-10-6-11(16)4-5-12(10)20-13/h4-8H,3H2,1-2H3,(H,17,18,19). The summed E-state index contributed by atoms with van der Waals surface area (Å²) in [5.41, 5.74) is 2.56. The van der Waals surface area contributed by atoms with Crippen LogP contribution >= 0.6 is 11.6 Å². The molecule has 102 valence electrons. The summed E-state index contributed by atoms with van der Waals surface area (Å²) in [7, 11) is 0. The van der Waals surface area contributed by atoms with Gasteiger partial charge in [0.1, 0.15) is 23.4 Å². The monoisotopic (exact) mass is 287 g/mol. The molecule has 5 heteroatoms. The van der Waals surface area contributed by atoms with Crippen molar-refractivity contribution < 1.29 is 4.42 Å². The maximum atomic E-state index is 5.99. The average Bonchev–Trinajstić information content (AvgIpc) is 2.84. The molecule has 0 atom stereocenters. The first kappa shape index (κ1) is 12.9. The molecule has 3 rings (SSSR count). The molecule has 0 radical (unpaired) electrons. The van der Waals surface area contributed by atoms with Gasteiger partial charge in [-0.15, -0.1) is 0 Å². The van der Waals surface area contributed by atoms with E-state index in [9.17, 15) is 0 Å².